The van der Waals surface area contributed by atoms with Crippen LogP contribution in [0.1, 0.15) is 11.1 Å². The van der Waals surface area contributed by atoms with Crippen LogP contribution < -0.4 is 0 Å². The third kappa shape index (κ3) is 5.26. The van der Waals surface area contributed by atoms with Crippen molar-refractivity contribution >= 4 is 101 Å². The van der Waals surface area contributed by atoms with Gasteiger partial charge in [-0.05, 0) is 59.7 Å². The minimum atomic E-state index is -0.750. The molecule has 9 rings (SSSR count). The highest BCUT2D eigenvalue weighted by Crippen LogP contribution is 2.38. The summed E-state index contributed by atoms with van der Waals surface area (Å²) in [5, 5.41) is 4.76. The van der Waals surface area contributed by atoms with Crippen molar-refractivity contribution in [2.24, 2.45) is 0 Å². The van der Waals surface area contributed by atoms with E-state index in [9.17, 15) is 9.59 Å². The van der Waals surface area contributed by atoms with Gasteiger partial charge in [-0.1, -0.05) is 132 Å². The summed E-state index contributed by atoms with van der Waals surface area (Å²) in [6.07, 6.45) is 0. The number of benzene rings is 6. The van der Waals surface area contributed by atoms with E-state index in [1.165, 1.54) is 26.4 Å². The molecule has 2 amide bonds. The van der Waals surface area contributed by atoms with Crippen molar-refractivity contribution in [2.75, 3.05) is 7.05 Å². The van der Waals surface area contributed by atoms with E-state index >= 15 is 0 Å². The van der Waals surface area contributed by atoms with Crippen LogP contribution in [0, 0.1) is 0 Å². The number of nitrogens with zero attached hydrogens (tertiary/aromatic N) is 3. The second-order valence-corrected chi connectivity index (χ2v) is 14.0. The molecule has 2 aromatic heterocycles. The lowest BCUT2D eigenvalue weighted by molar-refractivity contribution is -0.134. The van der Waals surface area contributed by atoms with Crippen molar-refractivity contribution < 1.29 is 9.59 Å². The highest BCUT2D eigenvalue weighted by molar-refractivity contribution is 6.63. The standard InChI is InChI=1S/C41H27N3O2.CHCl3/c1-42-40(45)38(26-18-22-28(23-19-26)43-34-14-6-2-10-30(34)31-11-3-7-15-35(31)43)39(41(42)46)27-20-24-29(25-21-27)44-36-16-8-4-12-32(36)33-13-5-9-17-37(33)44;2-1(3)4/h2-25H,1H3;1H. The minimum absolute atomic E-state index is 0.295. The molecular formula is C42H28Cl3N3O2. The van der Waals surface area contributed by atoms with E-state index < -0.39 is 4.30 Å². The fraction of sp³-hybridized carbons (Fsp3) is 0.0476. The quantitative estimate of drug-likeness (QED) is 0.135. The number of aromatic nitrogens is 2. The van der Waals surface area contributed by atoms with Crippen LogP contribution in [0.25, 0.3) is 66.1 Å². The van der Waals surface area contributed by atoms with E-state index in [4.69, 9.17) is 34.8 Å². The molecule has 244 valence electrons. The summed E-state index contributed by atoms with van der Waals surface area (Å²) in [6.45, 7) is 0. The lowest BCUT2D eigenvalue weighted by atomic mass is 9.96. The molecule has 6 aromatic carbocycles. The maximum Gasteiger partial charge on any atom is 0.261 e. The first kappa shape index (κ1) is 31.9. The van der Waals surface area contributed by atoms with Gasteiger partial charge < -0.3 is 9.13 Å². The Morgan fingerprint density at radius 3 is 0.960 bits per heavy atom. The molecule has 0 atom stereocenters. The van der Waals surface area contributed by atoms with Gasteiger partial charge in [-0.3, -0.25) is 14.5 Å². The van der Waals surface area contributed by atoms with E-state index in [0.717, 1.165) is 33.4 Å². The van der Waals surface area contributed by atoms with Gasteiger partial charge in [-0.2, -0.15) is 0 Å². The van der Waals surface area contributed by atoms with Crippen molar-refractivity contribution in [2.45, 2.75) is 4.30 Å². The number of alkyl halides is 3. The van der Waals surface area contributed by atoms with Gasteiger partial charge in [0.1, 0.15) is 0 Å². The van der Waals surface area contributed by atoms with Gasteiger partial charge in [0.15, 0.2) is 4.30 Å². The van der Waals surface area contributed by atoms with Crippen LogP contribution in [0.4, 0.5) is 0 Å². The van der Waals surface area contributed by atoms with Crippen LogP contribution >= 0.6 is 34.8 Å². The van der Waals surface area contributed by atoms with Crippen LogP contribution in [0.5, 0.6) is 0 Å². The summed E-state index contributed by atoms with van der Waals surface area (Å²) in [5.41, 5.74) is 8.73. The highest BCUT2D eigenvalue weighted by Gasteiger charge is 2.37. The number of fused-ring (bicyclic) bond motifs is 6. The van der Waals surface area contributed by atoms with Crippen molar-refractivity contribution in [1.29, 1.82) is 0 Å². The first-order valence-corrected chi connectivity index (χ1v) is 17.3. The Hall–Kier alpha value is -5.33. The first-order chi connectivity index (χ1) is 24.3. The zero-order chi connectivity index (χ0) is 34.5. The van der Waals surface area contributed by atoms with Crippen LogP contribution in [0.15, 0.2) is 146 Å². The predicted molar refractivity (Wildman–Crippen MR) is 207 cm³/mol. The number of likely N-dealkylation sites (N-methyl/N-ethyl adjacent to an activating group) is 1. The van der Waals surface area contributed by atoms with Crippen LogP contribution in [-0.4, -0.2) is 37.2 Å². The minimum Gasteiger partial charge on any atom is -0.309 e. The smallest absolute Gasteiger partial charge is 0.261 e. The number of rotatable bonds is 4. The Balaban J connectivity index is 0.000000859. The Kier molecular flexibility index (Phi) is 8.20. The molecule has 0 radical (unpaired) electrons. The molecule has 3 heterocycles. The average molecular weight is 713 g/mol. The van der Waals surface area contributed by atoms with E-state index in [2.05, 4.69) is 81.9 Å². The van der Waals surface area contributed by atoms with Gasteiger partial charge in [0.2, 0.25) is 0 Å². The number of carbonyl (C=O) groups excluding carboxylic acids is 2. The first-order valence-electron chi connectivity index (χ1n) is 16.0. The van der Waals surface area contributed by atoms with Crippen molar-refractivity contribution in [1.82, 2.24) is 14.0 Å². The fourth-order valence-electron chi connectivity index (χ4n) is 7.13. The molecule has 0 aliphatic carbocycles. The molecule has 0 N–H and O–H groups in total. The molecule has 8 heteroatoms. The molecule has 0 unspecified atom stereocenters. The summed E-state index contributed by atoms with van der Waals surface area (Å²) in [7, 11) is 1.55. The van der Waals surface area contributed by atoms with Crippen molar-refractivity contribution in [3.8, 4) is 11.4 Å². The average Bonchev–Trinajstić information content (AvgIpc) is 3.73. The lowest BCUT2D eigenvalue weighted by Gasteiger charge is -2.11. The number of halogens is 3. The fourth-order valence-corrected chi connectivity index (χ4v) is 7.13. The third-order valence-electron chi connectivity index (χ3n) is 9.28. The number of hydrogen-bond acceptors (Lipinski definition) is 2. The zero-order valence-electron chi connectivity index (χ0n) is 26.7. The van der Waals surface area contributed by atoms with Gasteiger partial charge in [0.05, 0.1) is 33.2 Å². The van der Waals surface area contributed by atoms with Crippen molar-refractivity contribution in [3.63, 3.8) is 0 Å². The molecule has 1 aliphatic rings. The molecule has 0 bridgehead atoms. The van der Waals surface area contributed by atoms with Gasteiger partial charge >= 0.3 is 0 Å². The SMILES string of the molecule is CN1C(=O)C(c2ccc(-n3c4ccccc4c4ccccc43)cc2)=C(c2ccc(-n3c4ccccc4c4ccccc43)cc2)C1=O.ClC(Cl)Cl. The Morgan fingerprint density at radius 1 is 0.420 bits per heavy atom. The predicted octanol–water partition coefficient (Wildman–Crippen LogP) is 10.8. The maximum absolute atomic E-state index is 13.5. The normalized spacial score (nSPS) is 13.3. The second kappa shape index (κ2) is 12.8. The molecule has 0 spiro atoms. The van der Waals surface area contributed by atoms with Crippen LogP contribution in [0.3, 0.4) is 0 Å². The number of para-hydroxylation sites is 4. The van der Waals surface area contributed by atoms with Crippen LogP contribution in [-0.2, 0) is 9.59 Å². The molecule has 50 heavy (non-hydrogen) atoms. The summed E-state index contributed by atoms with van der Waals surface area (Å²) >= 11 is 14.4. The summed E-state index contributed by atoms with van der Waals surface area (Å²) in [6, 6.07) is 49.4. The monoisotopic (exact) mass is 711 g/mol. The van der Waals surface area contributed by atoms with Crippen LogP contribution in [0.2, 0.25) is 0 Å². The third-order valence-corrected chi connectivity index (χ3v) is 9.28. The molecular weight excluding hydrogens is 685 g/mol. The van der Waals surface area contributed by atoms with E-state index in [0.29, 0.717) is 22.3 Å². The molecule has 0 saturated carbocycles. The number of hydrogen-bond donors (Lipinski definition) is 0. The zero-order valence-corrected chi connectivity index (χ0v) is 29.0. The summed E-state index contributed by atoms with van der Waals surface area (Å²) in [5.74, 6) is -0.591. The number of carbonyl (C=O) groups is 2. The maximum atomic E-state index is 13.5. The Labute approximate surface area is 303 Å². The molecule has 0 saturated heterocycles. The van der Waals surface area contributed by atoms with Gasteiger partial charge in [0.25, 0.3) is 11.8 Å². The van der Waals surface area contributed by atoms with Gasteiger partial charge in [-0.15, -0.1) is 0 Å². The van der Waals surface area contributed by atoms with E-state index in [-0.39, 0.29) is 11.8 Å². The van der Waals surface area contributed by atoms with Crippen molar-refractivity contribution in [3.05, 3.63) is 157 Å². The Bertz CT molecular complexity index is 2350. The topological polar surface area (TPSA) is 47.2 Å². The molecule has 0 fully saturated rings. The van der Waals surface area contributed by atoms with E-state index in [1.54, 1.807) is 7.05 Å². The second-order valence-electron chi connectivity index (χ2n) is 12.0. The molecule has 5 nitrogen and oxygen atoms in total. The Morgan fingerprint density at radius 2 is 0.680 bits per heavy atom. The lowest BCUT2D eigenvalue weighted by Crippen LogP contribution is -2.26. The number of imide groups is 1. The number of amides is 2. The van der Waals surface area contributed by atoms with Gasteiger partial charge in [0, 0.05) is 40.0 Å². The van der Waals surface area contributed by atoms with E-state index in [1.807, 2.05) is 72.8 Å². The summed E-state index contributed by atoms with van der Waals surface area (Å²) < 4.78 is 3.73. The highest BCUT2D eigenvalue weighted by atomic mass is 35.6. The molecule has 8 aromatic rings. The summed E-state index contributed by atoms with van der Waals surface area (Å²) in [4.78, 5) is 28.3. The largest absolute Gasteiger partial charge is 0.309 e. The molecule has 1 aliphatic heterocycles. The van der Waals surface area contributed by atoms with Gasteiger partial charge in [-0.25, -0.2) is 0 Å².